The van der Waals surface area contributed by atoms with Crippen LogP contribution in [-0.2, 0) is 11.3 Å². The molecule has 0 aliphatic carbocycles. The zero-order valence-corrected chi connectivity index (χ0v) is 13.1. The summed E-state index contributed by atoms with van der Waals surface area (Å²) in [6, 6.07) is 3.07. The van der Waals surface area contributed by atoms with Gasteiger partial charge in [-0.15, -0.1) is 23.1 Å². The number of carbonyl (C=O) groups excluding carboxylic acids is 1. The van der Waals surface area contributed by atoms with E-state index in [1.165, 1.54) is 16.7 Å². The number of carboxylic acid groups (broad SMARTS) is 1. The Bertz CT molecular complexity index is 476. The molecule has 1 fully saturated rings. The van der Waals surface area contributed by atoms with E-state index in [1.54, 1.807) is 16.2 Å². The molecule has 0 aromatic carbocycles. The molecule has 110 valence electrons. The van der Waals surface area contributed by atoms with Crippen molar-refractivity contribution in [1.29, 1.82) is 0 Å². The van der Waals surface area contributed by atoms with Gasteiger partial charge in [-0.25, -0.2) is 9.59 Å². The fourth-order valence-electron chi connectivity index (χ4n) is 2.04. The van der Waals surface area contributed by atoms with Crippen molar-refractivity contribution >= 4 is 35.1 Å². The van der Waals surface area contributed by atoms with E-state index in [-0.39, 0.29) is 12.1 Å². The van der Waals surface area contributed by atoms with Gasteiger partial charge in [0.25, 0.3) is 0 Å². The van der Waals surface area contributed by atoms with Crippen molar-refractivity contribution < 1.29 is 14.7 Å². The quantitative estimate of drug-likeness (QED) is 0.928. The number of aliphatic carboxylic acids is 1. The molecule has 2 rings (SSSR count). The Morgan fingerprint density at radius 1 is 1.55 bits per heavy atom. The van der Waals surface area contributed by atoms with Crippen molar-refractivity contribution in [1.82, 2.24) is 9.80 Å². The number of carboxylic acids is 1. The second-order valence-electron chi connectivity index (χ2n) is 4.91. The number of urea groups is 1. The molecule has 5 nitrogen and oxygen atoms in total. The van der Waals surface area contributed by atoms with Gasteiger partial charge in [-0.2, -0.15) is 0 Å². The SMILES string of the molecule is CC(C)N(Cc1cccs1)C(=O)N1CSC[C@H]1C(=O)O. The number of amides is 2. The Balaban J connectivity index is 2.12. The van der Waals surface area contributed by atoms with Gasteiger partial charge >= 0.3 is 12.0 Å². The van der Waals surface area contributed by atoms with Crippen molar-refractivity contribution in [2.24, 2.45) is 0 Å². The van der Waals surface area contributed by atoms with E-state index in [1.807, 2.05) is 31.4 Å². The summed E-state index contributed by atoms with van der Waals surface area (Å²) in [6.07, 6.45) is 0. The minimum absolute atomic E-state index is 0.0321. The lowest BCUT2D eigenvalue weighted by Gasteiger charge is -2.32. The van der Waals surface area contributed by atoms with E-state index >= 15 is 0 Å². The highest BCUT2D eigenvalue weighted by Gasteiger charge is 2.37. The summed E-state index contributed by atoms with van der Waals surface area (Å²) < 4.78 is 0. The van der Waals surface area contributed by atoms with Crippen molar-refractivity contribution in [3.63, 3.8) is 0 Å². The molecular formula is C13H18N2O3S2. The first kappa shape index (κ1) is 15.2. The molecule has 1 aromatic heterocycles. The van der Waals surface area contributed by atoms with Gasteiger partial charge in [-0.05, 0) is 25.3 Å². The van der Waals surface area contributed by atoms with Crippen LogP contribution in [0.4, 0.5) is 4.79 Å². The average molecular weight is 314 g/mol. The lowest BCUT2D eigenvalue weighted by molar-refractivity contribution is -0.141. The summed E-state index contributed by atoms with van der Waals surface area (Å²) >= 11 is 3.09. The van der Waals surface area contributed by atoms with E-state index in [9.17, 15) is 14.7 Å². The zero-order valence-electron chi connectivity index (χ0n) is 11.5. The summed E-state index contributed by atoms with van der Waals surface area (Å²) in [5.74, 6) is -0.0154. The third kappa shape index (κ3) is 3.27. The molecule has 1 aliphatic heterocycles. The maximum absolute atomic E-state index is 12.6. The number of nitrogens with zero attached hydrogens (tertiary/aromatic N) is 2. The summed E-state index contributed by atoms with van der Waals surface area (Å²) in [6.45, 7) is 4.43. The molecule has 2 heterocycles. The molecule has 0 unspecified atom stereocenters. The molecule has 20 heavy (non-hydrogen) atoms. The second kappa shape index (κ2) is 6.49. The topological polar surface area (TPSA) is 60.9 Å². The molecule has 0 spiro atoms. The molecule has 2 amide bonds. The predicted octanol–water partition coefficient (Wildman–Crippen LogP) is 2.54. The number of hydrogen-bond acceptors (Lipinski definition) is 4. The third-order valence-corrected chi connectivity index (χ3v) is 5.06. The molecule has 7 heteroatoms. The highest BCUT2D eigenvalue weighted by atomic mass is 32.2. The van der Waals surface area contributed by atoms with E-state index in [0.717, 1.165) is 4.88 Å². The lowest BCUT2D eigenvalue weighted by atomic mass is 10.2. The fraction of sp³-hybridized carbons (Fsp3) is 0.538. The van der Waals surface area contributed by atoms with Crippen LogP contribution in [0, 0.1) is 0 Å². The highest BCUT2D eigenvalue weighted by Crippen LogP contribution is 2.24. The minimum Gasteiger partial charge on any atom is -0.480 e. The van der Waals surface area contributed by atoms with Gasteiger partial charge in [0.15, 0.2) is 0 Å². The van der Waals surface area contributed by atoms with Gasteiger partial charge in [0.05, 0.1) is 12.4 Å². The van der Waals surface area contributed by atoms with Crippen molar-refractivity contribution in [2.45, 2.75) is 32.5 Å². The molecule has 1 aliphatic rings. The lowest BCUT2D eigenvalue weighted by Crippen LogP contribution is -2.50. The monoisotopic (exact) mass is 314 g/mol. The van der Waals surface area contributed by atoms with Crippen LogP contribution in [0.25, 0.3) is 0 Å². The van der Waals surface area contributed by atoms with E-state index in [0.29, 0.717) is 18.2 Å². The molecule has 1 atom stereocenters. The minimum atomic E-state index is -0.928. The van der Waals surface area contributed by atoms with E-state index < -0.39 is 12.0 Å². The number of thioether (sulfide) groups is 1. The van der Waals surface area contributed by atoms with Crippen LogP contribution in [0.5, 0.6) is 0 Å². The first-order valence-corrected chi connectivity index (χ1v) is 8.44. The molecule has 0 bridgehead atoms. The maximum Gasteiger partial charge on any atom is 0.327 e. The van der Waals surface area contributed by atoms with Crippen LogP contribution in [0.1, 0.15) is 18.7 Å². The normalized spacial score (nSPS) is 18.6. The summed E-state index contributed by atoms with van der Waals surface area (Å²) in [5, 5.41) is 11.2. The van der Waals surface area contributed by atoms with Crippen LogP contribution in [0.15, 0.2) is 17.5 Å². The molecular weight excluding hydrogens is 296 g/mol. The second-order valence-corrected chi connectivity index (χ2v) is 6.94. The summed E-state index contributed by atoms with van der Waals surface area (Å²) in [4.78, 5) is 28.1. The van der Waals surface area contributed by atoms with Crippen LogP contribution in [0.3, 0.4) is 0 Å². The zero-order chi connectivity index (χ0) is 14.7. The maximum atomic E-state index is 12.6. The van der Waals surface area contributed by atoms with E-state index in [4.69, 9.17) is 0 Å². The number of thiophene rings is 1. The van der Waals surface area contributed by atoms with Gasteiger partial charge in [0.2, 0.25) is 0 Å². The Kier molecular flexibility index (Phi) is 4.93. The fourth-order valence-corrected chi connectivity index (χ4v) is 3.88. The Hall–Kier alpha value is -1.21. The summed E-state index contributed by atoms with van der Waals surface area (Å²) in [7, 11) is 0. The predicted molar refractivity (Wildman–Crippen MR) is 81.0 cm³/mol. The smallest absolute Gasteiger partial charge is 0.327 e. The van der Waals surface area contributed by atoms with Crippen molar-refractivity contribution in [2.75, 3.05) is 11.6 Å². The standard InChI is InChI=1S/C13H18N2O3S2/c1-9(2)14(6-10-4-3-5-20-10)13(18)15-8-19-7-11(15)12(16)17/h3-5,9,11H,6-8H2,1-2H3,(H,16,17)/t11-/m0/s1. The molecule has 1 saturated heterocycles. The van der Waals surface area contributed by atoms with Crippen LogP contribution in [-0.4, -0.2) is 50.6 Å². The van der Waals surface area contributed by atoms with Gasteiger partial charge in [0.1, 0.15) is 6.04 Å². The largest absolute Gasteiger partial charge is 0.480 e. The molecule has 0 saturated carbocycles. The van der Waals surface area contributed by atoms with Gasteiger partial charge in [0, 0.05) is 16.7 Å². The number of carbonyl (C=O) groups is 2. The highest BCUT2D eigenvalue weighted by molar-refractivity contribution is 7.99. The first-order valence-electron chi connectivity index (χ1n) is 6.41. The van der Waals surface area contributed by atoms with Crippen molar-refractivity contribution in [3.05, 3.63) is 22.4 Å². The first-order chi connectivity index (χ1) is 9.50. The number of hydrogen-bond donors (Lipinski definition) is 1. The van der Waals surface area contributed by atoms with Gasteiger partial charge < -0.3 is 14.9 Å². The Labute approximate surface area is 126 Å². The van der Waals surface area contributed by atoms with Crippen LogP contribution < -0.4 is 0 Å². The van der Waals surface area contributed by atoms with Crippen LogP contribution >= 0.6 is 23.1 Å². The Morgan fingerprint density at radius 3 is 2.85 bits per heavy atom. The van der Waals surface area contributed by atoms with Gasteiger partial charge in [-0.1, -0.05) is 6.07 Å². The molecule has 1 N–H and O–H groups in total. The average Bonchev–Trinajstić information content (AvgIpc) is 3.05. The Morgan fingerprint density at radius 2 is 2.30 bits per heavy atom. The van der Waals surface area contributed by atoms with Crippen molar-refractivity contribution in [3.8, 4) is 0 Å². The van der Waals surface area contributed by atoms with Crippen LogP contribution in [0.2, 0.25) is 0 Å². The molecule has 1 aromatic rings. The summed E-state index contributed by atoms with van der Waals surface area (Å²) in [5.41, 5.74) is 0. The number of rotatable bonds is 4. The van der Waals surface area contributed by atoms with E-state index in [2.05, 4.69) is 0 Å². The van der Waals surface area contributed by atoms with Gasteiger partial charge in [-0.3, -0.25) is 0 Å². The third-order valence-electron chi connectivity index (χ3n) is 3.19. The molecule has 0 radical (unpaired) electrons.